The second-order valence-corrected chi connectivity index (χ2v) is 5.67. The lowest BCUT2D eigenvalue weighted by Crippen LogP contribution is -2.31. The standard InChI is InChI=1S/C19H18F3NO4/c1-13(14-6-3-2-4-7-14)23-17(24)11-27-18(25)12-26-16-9-5-8-15(10-16)19(20,21)22/h2-10,13H,11-12H2,1H3,(H,23,24)/t13-/m0/s1. The molecule has 0 aliphatic heterocycles. The molecule has 1 N–H and O–H groups in total. The van der Waals surface area contributed by atoms with E-state index in [0.29, 0.717) is 0 Å². The topological polar surface area (TPSA) is 64.6 Å². The molecule has 0 aromatic heterocycles. The molecule has 1 atom stereocenters. The van der Waals surface area contributed by atoms with Crippen LogP contribution in [0.1, 0.15) is 24.1 Å². The van der Waals surface area contributed by atoms with Gasteiger partial charge in [-0.15, -0.1) is 0 Å². The van der Waals surface area contributed by atoms with Gasteiger partial charge in [-0.05, 0) is 30.7 Å². The van der Waals surface area contributed by atoms with E-state index in [2.05, 4.69) is 5.32 Å². The number of ether oxygens (including phenoxy) is 2. The molecule has 144 valence electrons. The van der Waals surface area contributed by atoms with Gasteiger partial charge in [0, 0.05) is 0 Å². The highest BCUT2D eigenvalue weighted by molar-refractivity contribution is 5.81. The molecule has 0 heterocycles. The van der Waals surface area contributed by atoms with Crippen molar-refractivity contribution < 1.29 is 32.2 Å². The van der Waals surface area contributed by atoms with Gasteiger partial charge in [-0.25, -0.2) is 4.79 Å². The van der Waals surface area contributed by atoms with E-state index in [1.165, 1.54) is 12.1 Å². The van der Waals surface area contributed by atoms with Crippen molar-refractivity contribution in [3.63, 3.8) is 0 Å². The smallest absolute Gasteiger partial charge is 0.416 e. The zero-order chi connectivity index (χ0) is 19.9. The third-order valence-corrected chi connectivity index (χ3v) is 3.56. The molecule has 0 unspecified atom stereocenters. The van der Waals surface area contributed by atoms with Crippen LogP contribution in [0.2, 0.25) is 0 Å². The molecule has 0 fully saturated rings. The number of esters is 1. The van der Waals surface area contributed by atoms with Crippen LogP contribution in [0.4, 0.5) is 13.2 Å². The maximum absolute atomic E-state index is 12.6. The maximum atomic E-state index is 12.6. The first-order valence-electron chi connectivity index (χ1n) is 8.05. The zero-order valence-corrected chi connectivity index (χ0v) is 14.5. The Morgan fingerprint density at radius 2 is 1.74 bits per heavy atom. The average Bonchev–Trinajstić information content (AvgIpc) is 2.65. The molecule has 5 nitrogen and oxygen atoms in total. The summed E-state index contributed by atoms with van der Waals surface area (Å²) in [6, 6.07) is 13.1. The van der Waals surface area contributed by atoms with E-state index in [0.717, 1.165) is 17.7 Å². The SMILES string of the molecule is C[C@H](NC(=O)COC(=O)COc1cccc(C(F)(F)F)c1)c1ccccc1. The first-order valence-corrected chi connectivity index (χ1v) is 8.05. The number of hydrogen-bond acceptors (Lipinski definition) is 4. The molecular formula is C19H18F3NO4. The van der Waals surface area contributed by atoms with Crippen molar-refractivity contribution in [2.24, 2.45) is 0 Å². The van der Waals surface area contributed by atoms with E-state index >= 15 is 0 Å². The summed E-state index contributed by atoms with van der Waals surface area (Å²) in [7, 11) is 0. The molecule has 0 bridgehead atoms. The molecule has 0 aliphatic carbocycles. The third-order valence-electron chi connectivity index (χ3n) is 3.56. The van der Waals surface area contributed by atoms with Crippen LogP contribution in [-0.4, -0.2) is 25.1 Å². The number of carbonyl (C=O) groups is 2. The highest BCUT2D eigenvalue weighted by Gasteiger charge is 2.30. The molecule has 0 saturated carbocycles. The van der Waals surface area contributed by atoms with Gasteiger partial charge in [-0.2, -0.15) is 13.2 Å². The van der Waals surface area contributed by atoms with Crippen molar-refractivity contribution in [2.45, 2.75) is 19.1 Å². The van der Waals surface area contributed by atoms with Gasteiger partial charge >= 0.3 is 12.1 Å². The summed E-state index contributed by atoms with van der Waals surface area (Å²) in [5.41, 5.74) is 0.00713. The van der Waals surface area contributed by atoms with Gasteiger partial charge in [-0.3, -0.25) is 4.79 Å². The first kappa shape index (κ1) is 20.3. The molecular weight excluding hydrogens is 363 g/mol. The van der Waals surface area contributed by atoms with Gasteiger partial charge < -0.3 is 14.8 Å². The van der Waals surface area contributed by atoms with Crippen molar-refractivity contribution >= 4 is 11.9 Å². The van der Waals surface area contributed by atoms with E-state index in [1.807, 2.05) is 30.3 Å². The third kappa shape index (κ3) is 6.65. The van der Waals surface area contributed by atoms with Gasteiger partial charge in [0.1, 0.15) is 5.75 Å². The van der Waals surface area contributed by atoms with Crippen molar-refractivity contribution in [1.82, 2.24) is 5.32 Å². The Balaban J connectivity index is 1.75. The van der Waals surface area contributed by atoms with E-state index in [4.69, 9.17) is 9.47 Å². The number of rotatable bonds is 7. The largest absolute Gasteiger partial charge is 0.482 e. The van der Waals surface area contributed by atoms with Gasteiger partial charge in [0.05, 0.1) is 11.6 Å². The van der Waals surface area contributed by atoms with Crippen LogP contribution in [0, 0.1) is 0 Å². The summed E-state index contributed by atoms with van der Waals surface area (Å²) in [5.74, 6) is -1.49. The molecule has 2 aromatic carbocycles. The Morgan fingerprint density at radius 3 is 2.41 bits per heavy atom. The molecule has 27 heavy (non-hydrogen) atoms. The number of nitrogens with one attached hydrogen (secondary N) is 1. The first-order chi connectivity index (χ1) is 12.8. The lowest BCUT2D eigenvalue weighted by atomic mass is 10.1. The summed E-state index contributed by atoms with van der Waals surface area (Å²) in [4.78, 5) is 23.4. The fraction of sp³-hybridized carbons (Fsp3) is 0.263. The summed E-state index contributed by atoms with van der Waals surface area (Å²) < 4.78 is 47.6. The second kappa shape index (κ2) is 9.07. The van der Waals surface area contributed by atoms with Gasteiger partial charge in [0.2, 0.25) is 0 Å². The van der Waals surface area contributed by atoms with Crippen LogP contribution in [-0.2, 0) is 20.5 Å². The van der Waals surface area contributed by atoms with E-state index in [1.54, 1.807) is 6.92 Å². The summed E-state index contributed by atoms with van der Waals surface area (Å²) in [5, 5.41) is 2.67. The van der Waals surface area contributed by atoms with Crippen LogP contribution >= 0.6 is 0 Å². The number of alkyl halides is 3. The van der Waals surface area contributed by atoms with Crippen molar-refractivity contribution in [1.29, 1.82) is 0 Å². The lowest BCUT2D eigenvalue weighted by molar-refractivity contribution is -0.150. The van der Waals surface area contributed by atoms with Crippen LogP contribution in [0.25, 0.3) is 0 Å². The molecule has 2 aromatic rings. The summed E-state index contributed by atoms with van der Waals surface area (Å²) in [6.45, 7) is 0.663. The summed E-state index contributed by atoms with van der Waals surface area (Å²) in [6.07, 6.45) is -4.51. The Bertz CT molecular complexity index is 778. The highest BCUT2D eigenvalue weighted by Crippen LogP contribution is 2.31. The van der Waals surface area contributed by atoms with Gasteiger partial charge in [-0.1, -0.05) is 36.4 Å². The Hall–Kier alpha value is -3.03. The minimum absolute atomic E-state index is 0.121. The number of hydrogen-bond donors (Lipinski definition) is 1. The molecule has 2 rings (SSSR count). The van der Waals surface area contributed by atoms with Crippen molar-refractivity contribution in [3.8, 4) is 5.75 Å². The number of halogens is 3. The predicted molar refractivity (Wildman–Crippen MR) is 90.9 cm³/mol. The molecule has 1 amide bonds. The number of amides is 1. The number of carbonyl (C=O) groups excluding carboxylic acids is 2. The van der Waals surface area contributed by atoms with Crippen LogP contribution in [0.5, 0.6) is 5.75 Å². The zero-order valence-electron chi connectivity index (χ0n) is 14.5. The van der Waals surface area contributed by atoms with Crippen molar-refractivity contribution in [3.05, 3.63) is 65.7 Å². The monoisotopic (exact) mass is 381 g/mol. The minimum Gasteiger partial charge on any atom is -0.482 e. The molecule has 0 spiro atoms. The quantitative estimate of drug-likeness (QED) is 0.746. The minimum atomic E-state index is -4.51. The number of benzene rings is 2. The maximum Gasteiger partial charge on any atom is 0.416 e. The van der Waals surface area contributed by atoms with E-state index in [-0.39, 0.29) is 11.8 Å². The normalized spacial score (nSPS) is 12.1. The van der Waals surface area contributed by atoms with Crippen LogP contribution in [0.15, 0.2) is 54.6 Å². The summed E-state index contributed by atoms with van der Waals surface area (Å²) >= 11 is 0. The molecule has 8 heteroatoms. The van der Waals surface area contributed by atoms with E-state index in [9.17, 15) is 22.8 Å². The Labute approximate surface area is 154 Å². The molecule has 0 aliphatic rings. The van der Waals surface area contributed by atoms with Crippen LogP contribution in [0.3, 0.4) is 0 Å². The predicted octanol–water partition coefficient (Wildman–Crippen LogP) is 3.50. The Kier molecular flexibility index (Phi) is 6.81. The molecule has 0 saturated heterocycles. The fourth-order valence-corrected chi connectivity index (χ4v) is 2.20. The van der Waals surface area contributed by atoms with E-state index < -0.39 is 36.8 Å². The van der Waals surface area contributed by atoms with Crippen LogP contribution < -0.4 is 10.1 Å². The van der Waals surface area contributed by atoms with Gasteiger partial charge in [0.25, 0.3) is 5.91 Å². The Morgan fingerprint density at radius 1 is 1.04 bits per heavy atom. The fourth-order valence-electron chi connectivity index (χ4n) is 2.20. The molecule has 0 radical (unpaired) electrons. The van der Waals surface area contributed by atoms with Crippen molar-refractivity contribution in [2.75, 3.05) is 13.2 Å². The lowest BCUT2D eigenvalue weighted by Gasteiger charge is -2.14. The second-order valence-electron chi connectivity index (χ2n) is 5.67. The highest BCUT2D eigenvalue weighted by atomic mass is 19.4. The van der Waals surface area contributed by atoms with Gasteiger partial charge in [0.15, 0.2) is 13.2 Å². The average molecular weight is 381 g/mol.